The minimum atomic E-state index is -0.855. The Morgan fingerprint density at radius 1 is 1.33 bits per heavy atom. The lowest BCUT2D eigenvalue weighted by Crippen LogP contribution is -2.40. The Balaban J connectivity index is 0.00000220. The highest BCUT2D eigenvalue weighted by Gasteiger charge is 2.30. The molecule has 1 aliphatic carbocycles. The van der Waals surface area contributed by atoms with Gasteiger partial charge in [-0.25, -0.2) is 0 Å². The van der Waals surface area contributed by atoms with E-state index >= 15 is 0 Å². The monoisotopic (exact) mass is 312 g/mol. The summed E-state index contributed by atoms with van der Waals surface area (Å²) in [6.07, 6.45) is 2.09. The van der Waals surface area contributed by atoms with Crippen molar-refractivity contribution in [2.24, 2.45) is 0 Å². The second-order valence-electron chi connectivity index (χ2n) is 5.22. The molecule has 0 radical (unpaired) electrons. The van der Waals surface area contributed by atoms with E-state index in [0.717, 1.165) is 18.4 Å². The summed E-state index contributed by atoms with van der Waals surface area (Å²) in [6, 6.07) is 9.33. The van der Waals surface area contributed by atoms with Crippen molar-refractivity contribution in [3.8, 4) is 0 Å². The summed E-state index contributed by atoms with van der Waals surface area (Å²) >= 11 is 0. The van der Waals surface area contributed by atoms with Gasteiger partial charge in [-0.15, -0.1) is 12.4 Å². The van der Waals surface area contributed by atoms with Gasteiger partial charge in [0.25, 0.3) is 0 Å². The van der Waals surface area contributed by atoms with Crippen molar-refractivity contribution >= 4 is 24.3 Å². The van der Waals surface area contributed by atoms with E-state index < -0.39 is 12.0 Å². The van der Waals surface area contributed by atoms with E-state index in [-0.39, 0.29) is 24.7 Å². The highest BCUT2D eigenvalue weighted by molar-refractivity contribution is 5.85. The molecule has 1 aromatic carbocycles. The Morgan fingerprint density at radius 2 is 1.95 bits per heavy atom. The van der Waals surface area contributed by atoms with Gasteiger partial charge < -0.3 is 10.4 Å². The Morgan fingerprint density at radius 3 is 2.48 bits per heavy atom. The molecule has 2 N–H and O–H groups in total. The lowest BCUT2D eigenvalue weighted by molar-refractivity contribution is -0.138. The maximum atomic E-state index is 12.4. The smallest absolute Gasteiger partial charge is 0.304 e. The molecule has 2 rings (SSSR count). The van der Waals surface area contributed by atoms with Crippen LogP contribution in [0, 0.1) is 0 Å². The molecule has 6 heteroatoms. The van der Waals surface area contributed by atoms with E-state index in [4.69, 9.17) is 5.11 Å². The molecular weight excluding hydrogens is 292 g/mol. The topological polar surface area (TPSA) is 69.6 Å². The van der Waals surface area contributed by atoms with Crippen LogP contribution >= 0.6 is 12.4 Å². The van der Waals surface area contributed by atoms with Crippen molar-refractivity contribution in [3.05, 3.63) is 35.9 Å². The third kappa shape index (κ3) is 5.36. The molecule has 1 atom stereocenters. The summed E-state index contributed by atoms with van der Waals surface area (Å²) in [7, 11) is 1.78. The second-order valence-corrected chi connectivity index (χ2v) is 5.22. The highest BCUT2D eigenvalue weighted by atomic mass is 35.5. The molecule has 1 unspecified atom stereocenters. The van der Waals surface area contributed by atoms with Gasteiger partial charge in [0.1, 0.15) is 6.04 Å². The van der Waals surface area contributed by atoms with Crippen LogP contribution in [0.4, 0.5) is 0 Å². The first kappa shape index (κ1) is 17.5. The predicted molar refractivity (Wildman–Crippen MR) is 82.5 cm³/mol. The van der Waals surface area contributed by atoms with Gasteiger partial charge in [-0.1, -0.05) is 30.3 Å². The summed E-state index contributed by atoms with van der Waals surface area (Å²) in [5, 5.41) is 11.8. The van der Waals surface area contributed by atoms with Crippen molar-refractivity contribution in [2.75, 3.05) is 13.6 Å². The fourth-order valence-corrected chi connectivity index (χ4v) is 2.15. The number of hydrogen-bond donors (Lipinski definition) is 2. The maximum Gasteiger partial charge on any atom is 0.304 e. The number of halogens is 1. The number of nitrogens with one attached hydrogen (secondary N) is 1. The van der Waals surface area contributed by atoms with Gasteiger partial charge in [0.05, 0.1) is 6.42 Å². The number of carboxylic acids is 1. The number of aliphatic carboxylic acids is 1. The average Bonchev–Trinajstić information content (AvgIpc) is 3.21. The van der Waals surface area contributed by atoms with Crippen LogP contribution in [0.25, 0.3) is 0 Å². The van der Waals surface area contributed by atoms with Crippen molar-refractivity contribution in [1.29, 1.82) is 0 Å². The number of amides is 1. The summed E-state index contributed by atoms with van der Waals surface area (Å²) in [4.78, 5) is 24.9. The largest absolute Gasteiger partial charge is 0.481 e. The first-order valence-corrected chi connectivity index (χ1v) is 6.85. The van der Waals surface area contributed by atoms with Gasteiger partial charge in [0.2, 0.25) is 5.91 Å². The van der Waals surface area contributed by atoms with Gasteiger partial charge in [0, 0.05) is 12.6 Å². The predicted octanol–water partition coefficient (Wildman–Crippen LogP) is 1.83. The average molecular weight is 313 g/mol. The molecule has 1 saturated carbocycles. The molecule has 0 heterocycles. The van der Waals surface area contributed by atoms with Crippen LogP contribution in [0.1, 0.15) is 30.9 Å². The minimum absolute atomic E-state index is 0. The fourth-order valence-electron chi connectivity index (χ4n) is 2.15. The Kier molecular flexibility index (Phi) is 6.65. The lowest BCUT2D eigenvalue weighted by atomic mass is 10.0. The molecule has 1 fully saturated rings. The van der Waals surface area contributed by atoms with Crippen molar-refractivity contribution < 1.29 is 14.7 Å². The van der Waals surface area contributed by atoms with Crippen LogP contribution in [0.15, 0.2) is 30.3 Å². The van der Waals surface area contributed by atoms with E-state index in [1.807, 2.05) is 30.3 Å². The summed E-state index contributed by atoms with van der Waals surface area (Å²) in [5.41, 5.74) is 0.888. The number of carboxylic acid groups (broad SMARTS) is 1. The number of hydrogen-bond acceptors (Lipinski definition) is 3. The molecule has 1 aromatic rings. The molecule has 0 spiro atoms. The van der Waals surface area contributed by atoms with Crippen LogP contribution in [-0.4, -0.2) is 41.5 Å². The molecule has 21 heavy (non-hydrogen) atoms. The first-order valence-electron chi connectivity index (χ1n) is 6.85. The van der Waals surface area contributed by atoms with Crippen LogP contribution in [0.2, 0.25) is 0 Å². The van der Waals surface area contributed by atoms with Gasteiger partial charge in [-0.2, -0.15) is 0 Å². The summed E-state index contributed by atoms with van der Waals surface area (Å²) < 4.78 is 0. The molecule has 0 bridgehead atoms. The molecule has 1 amide bonds. The van der Waals surface area contributed by atoms with Crippen LogP contribution in [-0.2, 0) is 9.59 Å². The van der Waals surface area contributed by atoms with Gasteiger partial charge in [-0.3, -0.25) is 14.5 Å². The summed E-state index contributed by atoms with van der Waals surface area (Å²) in [6.45, 7) is 0.340. The van der Waals surface area contributed by atoms with E-state index in [2.05, 4.69) is 5.32 Å². The zero-order valence-electron chi connectivity index (χ0n) is 12.0. The molecule has 0 aromatic heterocycles. The highest BCUT2D eigenvalue weighted by Crippen LogP contribution is 2.24. The van der Waals surface area contributed by atoms with Crippen LogP contribution < -0.4 is 5.32 Å². The number of nitrogens with zero attached hydrogens (tertiary/aromatic N) is 1. The van der Waals surface area contributed by atoms with Crippen molar-refractivity contribution in [3.63, 3.8) is 0 Å². The Labute approximate surface area is 130 Å². The maximum absolute atomic E-state index is 12.4. The molecule has 5 nitrogen and oxygen atoms in total. The molecule has 0 saturated heterocycles. The molecule has 116 valence electrons. The lowest BCUT2D eigenvalue weighted by Gasteiger charge is -2.27. The van der Waals surface area contributed by atoms with E-state index in [1.165, 1.54) is 0 Å². The number of carbonyl (C=O) groups is 2. The van der Waals surface area contributed by atoms with Gasteiger partial charge >= 0.3 is 5.97 Å². The molecule has 0 aliphatic heterocycles. The van der Waals surface area contributed by atoms with E-state index in [9.17, 15) is 9.59 Å². The fraction of sp³-hybridized carbons (Fsp3) is 0.467. The first-order chi connectivity index (χ1) is 9.58. The zero-order chi connectivity index (χ0) is 14.5. The van der Waals surface area contributed by atoms with Gasteiger partial charge in [-0.05, 0) is 25.5 Å². The van der Waals surface area contributed by atoms with Crippen molar-refractivity contribution in [2.45, 2.75) is 31.3 Å². The minimum Gasteiger partial charge on any atom is -0.481 e. The van der Waals surface area contributed by atoms with E-state index in [1.54, 1.807) is 11.9 Å². The second kappa shape index (κ2) is 8.00. The standard InChI is InChI=1S/C15H20N2O3.ClH/c1-17(10-9-13(18)19)14(11-5-3-2-4-6-11)15(20)16-12-7-8-12;/h2-6,12,14H,7-10H2,1H3,(H,16,20)(H,18,19);1H. The van der Waals surface area contributed by atoms with Crippen LogP contribution in [0.3, 0.4) is 0 Å². The van der Waals surface area contributed by atoms with Crippen molar-refractivity contribution in [1.82, 2.24) is 10.2 Å². The zero-order valence-corrected chi connectivity index (χ0v) is 12.8. The van der Waals surface area contributed by atoms with E-state index in [0.29, 0.717) is 12.6 Å². The normalized spacial score (nSPS) is 15.1. The Bertz CT molecular complexity index is 477. The summed E-state index contributed by atoms with van der Waals surface area (Å²) in [5.74, 6) is -0.905. The number of carbonyl (C=O) groups excluding carboxylic acids is 1. The molecule has 1 aliphatic rings. The molecular formula is C15H21ClN2O3. The van der Waals surface area contributed by atoms with Gasteiger partial charge in [0.15, 0.2) is 0 Å². The number of benzene rings is 1. The quantitative estimate of drug-likeness (QED) is 0.806. The third-order valence-corrected chi connectivity index (χ3v) is 3.41. The number of likely N-dealkylation sites (N-methyl/N-ethyl adjacent to an activating group) is 1. The Hall–Kier alpha value is -1.59. The number of rotatable bonds is 7. The SMILES string of the molecule is CN(CCC(=O)O)C(C(=O)NC1CC1)c1ccccc1.Cl. The van der Waals surface area contributed by atoms with Crippen LogP contribution in [0.5, 0.6) is 0 Å². The third-order valence-electron chi connectivity index (χ3n) is 3.41.